The summed E-state index contributed by atoms with van der Waals surface area (Å²) in [4.78, 5) is 0. The Morgan fingerprint density at radius 1 is 1.14 bits per heavy atom. The number of furan rings is 1. The van der Waals surface area contributed by atoms with Crippen LogP contribution in [-0.4, -0.2) is 10.2 Å². The summed E-state index contributed by atoms with van der Waals surface area (Å²) < 4.78 is 6.76. The van der Waals surface area contributed by atoms with Gasteiger partial charge in [-0.3, -0.25) is 5.10 Å². The van der Waals surface area contributed by atoms with Crippen molar-refractivity contribution in [1.82, 2.24) is 15.5 Å². The molecule has 0 unspecified atom stereocenters. The Hall–Kier alpha value is -1.85. The fraction of sp³-hybridized carbons (Fsp3) is 0.188. The summed E-state index contributed by atoms with van der Waals surface area (Å²) >= 11 is 3.56. The van der Waals surface area contributed by atoms with E-state index in [1.807, 2.05) is 43.5 Å². The van der Waals surface area contributed by atoms with Crippen LogP contribution in [0, 0.1) is 6.92 Å². The van der Waals surface area contributed by atoms with E-state index >= 15 is 0 Å². The van der Waals surface area contributed by atoms with Gasteiger partial charge in [0.05, 0.1) is 6.20 Å². The second kappa shape index (κ2) is 6.28. The van der Waals surface area contributed by atoms with Crippen LogP contribution in [0.2, 0.25) is 0 Å². The van der Waals surface area contributed by atoms with E-state index in [4.69, 9.17) is 4.42 Å². The maximum atomic E-state index is 5.65. The molecule has 0 saturated carbocycles. The van der Waals surface area contributed by atoms with Crippen LogP contribution >= 0.6 is 15.9 Å². The maximum absolute atomic E-state index is 5.65. The summed E-state index contributed by atoms with van der Waals surface area (Å²) in [5.74, 6) is 1.72. The molecule has 0 fully saturated rings. The molecule has 3 rings (SSSR count). The predicted octanol–water partition coefficient (Wildman–Crippen LogP) is 4.03. The molecule has 108 valence electrons. The lowest BCUT2D eigenvalue weighted by atomic mass is 10.2. The highest BCUT2D eigenvalue weighted by Crippen LogP contribution is 2.23. The van der Waals surface area contributed by atoms with Crippen LogP contribution in [-0.2, 0) is 13.1 Å². The summed E-state index contributed by atoms with van der Waals surface area (Å²) in [5.41, 5.74) is 3.26. The molecule has 0 aliphatic rings. The van der Waals surface area contributed by atoms with E-state index < -0.39 is 0 Å². The molecule has 0 saturated heterocycles. The fourth-order valence-corrected chi connectivity index (χ4v) is 2.63. The molecule has 0 aliphatic carbocycles. The molecule has 1 aromatic carbocycles. The lowest BCUT2D eigenvalue weighted by molar-refractivity contribution is 0.545. The van der Waals surface area contributed by atoms with Crippen molar-refractivity contribution < 1.29 is 4.42 Å². The standard InChI is InChI=1S/C16H16BrN3O/c1-11-6-7-15(21-11)16-13(10-19-20-16)9-18-8-12-4-2-3-5-14(12)17/h2-7,10,18H,8-9H2,1H3,(H,19,20). The first-order valence-electron chi connectivity index (χ1n) is 6.77. The Morgan fingerprint density at radius 3 is 2.71 bits per heavy atom. The number of halogens is 1. The highest BCUT2D eigenvalue weighted by atomic mass is 79.9. The van der Waals surface area contributed by atoms with E-state index in [9.17, 15) is 0 Å². The molecule has 4 nitrogen and oxygen atoms in total. The molecule has 2 N–H and O–H groups in total. The maximum Gasteiger partial charge on any atom is 0.152 e. The minimum absolute atomic E-state index is 0.729. The number of nitrogens with one attached hydrogen (secondary N) is 2. The van der Waals surface area contributed by atoms with Gasteiger partial charge in [-0.25, -0.2) is 0 Å². The quantitative estimate of drug-likeness (QED) is 0.733. The van der Waals surface area contributed by atoms with Gasteiger partial charge in [0, 0.05) is 23.1 Å². The molecule has 2 aromatic heterocycles. The van der Waals surface area contributed by atoms with Gasteiger partial charge in [0.1, 0.15) is 11.5 Å². The molecule has 21 heavy (non-hydrogen) atoms. The van der Waals surface area contributed by atoms with E-state index in [0.29, 0.717) is 0 Å². The topological polar surface area (TPSA) is 53.9 Å². The van der Waals surface area contributed by atoms with E-state index in [0.717, 1.165) is 40.3 Å². The molecule has 2 heterocycles. The number of nitrogens with zero attached hydrogens (tertiary/aromatic N) is 1. The van der Waals surface area contributed by atoms with Crippen molar-refractivity contribution in [2.24, 2.45) is 0 Å². The first kappa shape index (κ1) is 14.1. The minimum Gasteiger partial charge on any atom is -0.460 e. The van der Waals surface area contributed by atoms with Crippen molar-refractivity contribution in [2.45, 2.75) is 20.0 Å². The monoisotopic (exact) mass is 345 g/mol. The van der Waals surface area contributed by atoms with Gasteiger partial charge in [-0.15, -0.1) is 0 Å². The van der Waals surface area contributed by atoms with Crippen molar-refractivity contribution in [3.05, 3.63) is 64.0 Å². The van der Waals surface area contributed by atoms with Crippen molar-refractivity contribution in [2.75, 3.05) is 0 Å². The Balaban J connectivity index is 1.67. The molecule has 3 aromatic rings. The lowest BCUT2D eigenvalue weighted by Gasteiger charge is -2.06. The molecule has 0 amide bonds. The Labute approximate surface area is 131 Å². The van der Waals surface area contributed by atoms with Gasteiger partial charge in [0.25, 0.3) is 0 Å². The molecule has 0 aliphatic heterocycles. The van der Waals surface area contributed by atoms with E-state index in [1.54, 1.807) is 0 Å². The number of H-pyrrole nitrogens is 1. The average molecular weight is 346 g/mol. The normalized spacial score (nSPS) is 11.0. The van der Waals surface area contributed by atoms with Crippen molar-refractivity contribution >= 4 is 15.9 Å². The van der Waals surface area contributed by atoms with Gasteiger partial charge in [0.2, 0.25) is 0 Å². The van der Waals surface area contributed by atoms with Gasteiger partial charge < -0.3 is 9.73 Å². The number of hydrogen-bond donors (Lipinski definition) is 2. The van der Waals surface area contributed by atoms with E-state index in [1.165, 1.54) is 5.56 Å². The smallest absolute Gasteiger partial charge is 0.152 e. The van der Waals surface area contributed by atoms with Crippen molar-refractivity contribution in [3.63, 3.8) is 0 Å². The second-order valence-electron chi connectivity index (χ2n) is 4.88. The first-order valence-corrected chi connectivity index (χ1v) is 7.56. The fourth-order valence-electron chi connectivity index (χ4n) is 2.20. The lowest BCUT2D eigenvalue weighted by Crippen LogP contribution is -2.13. The number of aromatic nitrogens is 2. The summed E-state index contributed by atoms with van der Waals surface area (Å²) in [5, 5.41) is 10.5. The van der Waals surface area contributed by atoms with Gasteiger partial charge in [-0.2, -0.15) is 5.10 Å². The number of benzene rings is 1. The third-order valence-corrected chi connectivity index (χ3v) is 4.07. The van der Waals surface area contributed by atoms with Crippen LogP contribution in [0.15, 0.2) is 51.5 Å². The van der Waals surface area contributed by atoms with Gasteiger partial charge in [0.15, 0.2) is 5.76 Å². The highest BCUT2D eigenvalue weighted by molar-refractivity contribution is 9.10. The summed E-state index contributed by atoms with van der Waals surface area (Å²) in [6.45, 7) is 3.46. The second-order valence-corrected chi connectivity index (χ2v) is 5.73. The summed E-state index contributed by atoms with van der Waals surface area (Å²) in [6, 6.07) is 12.1. The van der Waals surface area contributed by atoms with Crippen LogP contribution in [0.25, 0.3) is 11.5 Å². The van der Waals surface area contributed by atoms with Crippen LogP contribution < -0.4 is 5.32 Å². The van der Waals surface area contributed by atoms with Gasteiger partial charge >= 0.3 is 0 Å². The predicted molar refractivity (Wildman–Crippen MR) is 85.7 cm³/mol. The Morgan fingerprint density at radius 2 is 1.95 bits per heavy atom. The average Bonchev–Trinajstić information content (AvgIpc) is 3.09. The van der Waals surface area contributed by atoms with Crippen molar-refractivity contribution in [3.8, 4) is 11.5 Å². The van der Waals surface area contributed by atoms with E-state index in [2.05, 4.69) is 37.5 Å². The molecular formula is C16H16BrN3O. The molecule has 0 radical (unpaired) electrons. The Bertz CT molecular complexity index is 732. The summed E-state index contributed by atoms with van der Waals surface area (Å²) in [6.07, 6.45) is 1.83. The number of rotatable bonds is 5. The molecule has 0 spiro atoms. The zero-order valence-corrected chi connectivity index (χ0v) is 13.3. The first-order chi connectivity index (χ1) is 10.2. The zero-order valence-electron chi connectivity index (χ0n) is 11.7. The summed E-state index contributed by atoms with van der Waals surface area (Å²) in [7, 11) is 0. The van der Waals surface area contributed by atoms with E-state index in [-0.39, 0.29) is 0 Å². The molecule has 0 bridgehead atoms. The Kier molecular flexibility index (Phi) is 4.22. The van der Waals surface area contributed by atoms with Crippen molar-refractivity contribution in [1.29, 1.82) is 0 Å². The molecular weight excluding hydrogens is 330 g/mol. The molecule has 0 atom stereocenters. The van der Waals surface area contributed by atoms with Gasteiger partial charge in [-0.05, 0) is 30.7 Å². The highest BCUT2D eigenvalue weighted by Gasteiger charge is 2.10. The van der Waals surface area contributed by atoms with Gasteiger partial charge in [-0.1, -0.05) is 34.1 Å². The van der Waals surface area contributed by atoms with Crippen LogP contribution in [0.3, 0.4) is 0 Å². The zero-order chi connectivity index (χ0) is 14.7. The number of aromatic amines is 1. The third kappa shape index (κ3) is 3.25. The van der Waals surface area contributed by atoms with Crippen LogP contribution in [0.4, 0.5) is 0 Å². The third-order valence-electron chi connectivity index (χ3n) is 3.29. The SMILES string of the molecule is Cc1ccc(-c2[nH]ncc2CNCc2ccccc2Br)o1. The largest absolute Gasteiger partial charge is 0.460 e. The number of aryl methyl sites for hydroxylation is 1. The molecule has 5 heteroatoms. The number of hydrogen-bond acceptors (Lipinski definition) is 3. The minimum atomic E-state index is 0.729. The van der Waals surface area contributed by atoms with Crippen LogP contribution in [0.5, 0.6) is 0 Å². The van der Waals surface area contributed by atoms with Crippen LogP contribution in [0.1, 0.15) is 16.9 Å².